The quantitative estimate of drug-likeness (QED) is 0.725. The van der Waals surface area contributed by atoms with E-state index in [2.05, 4.69) is 54.3 Å². The van der Waals surface area contributed by atoms with E-state index in [-0.39, 0.29) is 0 Å². The second kappa shape index (κ2) is 6.04. The first kappa shape index (κ1) is 12.4. The van der Waals surface area contributed by atoms with E-state index in [9.17, 15) is 0 Å². The number of fused-ring (bicyclic) bond motifs is 1. The molecule has 0 radical (unpaired) electrons. The number of hydrogen-bond acceptors (Lipinski definition) is 1. The van der Waals surface area contributed by atoms with E-state index in [4.69, 9.17) is 11.6 Å². The van der Waals surface area contributed by atoms with Gasteiger partial charge in [-0.3, -0.25) is 4.90 Å². The standard InChI is InChI=1S/C15H18ClN/c1-2-17(11-10-16)12-14-8-5-7-13-6-3-4-9-15(13)14/h3-9H,2,10-12H2,1H3. The summed E-state index contributed by atoms with van der Waals surface area (Å²) in [4.78, 5) is 2.37. The smallest absolute Gasteiger partial charge is 0.0351 e. The Labute approximate surface area is 108 Å². The zero-order valence-corrected chi connectivity index (χ0v) is 11.0. The Morgan fingerprint density at radius 1 is 1.06 bits per heavy atom. The molecule has 2 rings (SSSR count). The summed E-state index contributed by atoms with van der Waals surface area (Å²) in [6.45, 7) is 5.14. The minimum absolute atomic E-state index is 0.693. The van der Waals surface area contributed by atoms with Crippen LogP contribution < -0.4 is 0 Å². The number of hydrogen-bond donors (Lipinski definition) is 0. The Kier molecular flexibility index (Phi) is 4.41. The first-order chi connectivity index (χ1) is 8.35. The monoisotopic (exact) mass is 247 g/mol. The van der Waals surface area contributed by atoms with Crippen LogP contribution in [-0.4, -0.2) is 23.9 Å². The third kappa shape index (κ3) is 2.99. The van der Waals surface area contributed by atoms with E-state index in [1.807, 2.05) is 0 Å². The number of nitrogens with zero attached hydrogens (tertiary/aromatic N) is 1. The molecule has 17 heavy (non-hydrogen) atoms. The van der Waals surface area contributed by atoms with Crippen LogP contribution in [0.25, 0.3) is 10.8 Å². The molecule has 0 fully saturated rings. The number of halogens is 1. The Morgan fingerprint density at radius 3 is 2.59 bits per heavy atom. The fourth-order valence-electron chi connectivity index (χ4n) is 2.14. The first-order valence-electron chi connectivity index (χ1n) is 6.10. The van der Waals surface area contributed by atoms with Gasteiger partial charge in [-0.25, -0.2) is 0 Å². The van der Waals surface area contributed by atoms with Crippen molar-refractivity contribution in [3.8, 4) is 0 Å². The molecule has 0 spiro atoms. The lowest BCUT2D eigenvalue weighted by atomic mass is 10.0. The van der Waals surface area contributed by atoms with Crippen molar-refractivity contribution in [3.05, 3.63) is 48.0 Å². The van der Waals surface area contributed by atoms with Crippen LogP contribution in [0.5, 0.6) is 0 Å². The van der Waals surface area contributed by atoms with E-state index < -0.39 is 0 Å². The van der Waals surface area contributed by atoms with E-state index in [0.29, 0.717) is 5.88 Å². The van der Waals surface area contributed by atoms with Crippen molar-refractivity contribution in [1.29, 1.82) is 0 Å². The topological polar surface area (TPSA) is 3.24 Å². The van der Waals surface area contributed by atoms with Crippen LogP contribution in [0.4, 0.5) is 0 Å². The molecule has 0 amide bonds. The summed E-state index contributed by atoms with van der Waals surface area (Å²) >= 11 is 5.82. The van der Waals surface area contributed by atoms with Crippen LogP contribution in [0.2, 0.25) is 0 Å². The number of benzene rings is 2. The molecule has 0 atom stereocenters. The van der Waals surface area contributed by atoms with Crippen LogP contribution >= 0.6 is 11.6 Å². The molecule has 0 saturated carbocycles. The van der Waals surface area contributed by atoms with Gasteiger partial charge in [0.25, 0.3) is 0 Å². The van der Waals surface area contributed by atoms with Gasteiger partial charge in [0.2, 0.25) is 0 Å². The predicted octanol–water partition coefficient (Wildman–Crippen LogP) is 3.90. The van der Waals surface area contributed by atoms with Gasteiger partial charge >= 0.3 is 0 Å². The summed E-state index contributed by atoms with van der Waals surface area (Å²) in [5.74, 6) is 0.693. The van der Waals surface area contributed by atoms with Crippen molar-refractivity contribution >= 4 is 22.4 Å². The Morgan fingerprint density at radius 2 is 1.82 bits per heavy atom. The van der Waals surface area contributed by atoms with Gasteiger partial charge in [-0.15, -0.1) is 11.6 Å². The molecule has 0 N–H and O–H groups in total. The highest BCUT2D eigenvalue weighted by atomic mass is 35.5. The third-order valence-electron chi connectivity index (χ3n) is 3.12. The zero-order valence-electron chi connectivity index (χ0n) is 10.2. The highest BCUT2D eigenvalue weighted by molar-refractivity contribution is 6.18. The van der Waals surface area contributed by atoms with Crippen molar-refractivity contribution in [3.63, 3.8) is 0 Å². The van der Waals surface area contributed by atoms with Crippen LogP contribution in [0, 0.1) is 0 Å². The highest BCUT2D eigenvalue weighted by Crippen LogP contribution is 2.19. The second-order valence-electron chi connectivity index (χ2n) is 4.20. The first-order valence-corrected chi connectivity index (χ1v) is 6.63. The molecule has 0 aliphatic rings. The van der Waals surface area contributed by atoms with Crippen LogP contribution in [0.15, 0.2) is 42.5 Å². The molecule has 2 aromatic rings. The normalized spacial score (nSPS) is 11.2. The van der Waals surface area contributed by atoms with Gasteiger partial charge in [-0.2, -0.15) is 0 Å². The van der Waals surface area contributed by atoms with E-state index >= 15 is 0 Å². The maximum absolute atomic E-state index is 5.82. The maximum Gasteiger partial charge on any atom is 0.0351 e. The summed E-state index contributed by atoms with van der Waals surface area (Å²) in [6.07, 6.45) is 0. The molecule has 0 unspecified atom stereocenters. The molecular formula is C15H18ClN. The summed E-state index contributed by atoms with van der Waals surface area (Å²) < 4.78 is 0. The lowest BCUT2D eigenvalue weighted by Gasteiger charge is -2.20. The van der Waals surface area contributed by atoms with Gasteiger partial charge in [-0.05, 0) is 22.9 Å². The van der Waals surface area contributed by atoms with Gasteiger partial charge < -0.3 is 0 Å². The summed E-state index contributed by atoms with van der Waals surface area (Å²) in [6, 6.07) is 15.0. The van der Waals surface area contributed by atoms with E-state index in [1.165, 1.54) is 16.3 Å². The fraction of sp³-hybridized carbons (Fsp3) is 0.333. The van der Waals surface area contributed by atoms with Crippen molar-refractivity contribution < 1.29 is 0 Å². The molecule has 90 valence electrons. The van der Waals surface area contributed by atoms with Crippen LogP contribution in [-0.2, 0) is 6.54 Å². The maximum atomic E-state index is 5.82. The SMILES string of the molecule is CCN(CCCl)Cc1cccc2ccccc12. The van der Waals surface area contributed by atoms with Crippen molar-refractivity contribution in [2.24, 2.45) is 0 Å². The molecule has 0 aliphatic heterocycles. The number of alkyl halides is 1. The molecular weight excluding hydrogens is 230 g/mol. The molecule has 0 aromatic heterocycles. The molecule has 0 heterocycles. The predicted molar refractivity (Wildman–Crippen MR) is 75.6 cm³/mol. The molecule has 1 nitrogen and oxygen atoms in total. The summed E-state index contributed by atoms with van der Waals surface area (Å²) in [5.41, 5.74) is 1.38. The third-order valence-corrected chi connectivity index (χ3v) is 3.29. The fourth-order valence-corrected chi connectivity index (χ4v) is 2.38. The van der Waals surface area contributed by atoms with Gasteiger partial charge in [0, 0.05) is 19.0 Å². The highest BCUT2D eigenvalue weighted by Gasteiger charge is 2.05. The largest absolute Gasteiger partial charge is 0.298 e. The van der Waals surface area contributed by atoms with E-state index in [1.54, 1.807) is 0 Å². The lowest BCUT2D eigenvalue weighted by Crippen LogP contribution is -2.24. The molecule has 2 aromatic carbocycles. The van der Waals surface area contributed by atoms with Crippen LogP contribution in [0.1, 0.15) is 12.5 Å². The lowest BCUT2D eigenvalue weighted by molar-refractivity contribution is 0.299. The zero-order chi connectivity index (χ0) is 12.1. The van der Waals surface area contributed by atoms with Gasteiger partial charge in [0.1, 0.15) is 0 Å². The second-order valence-corrected chi connectivity index (χ2v) is 4.57. The summed E-state index contributed by atoms with van der Waals surface area (Å²) in [7, 11) is 0. The van der Waals surface area contributed by atoms with Crippen molar-refractivity contribution in [1.82, 2.24) is 4.90 Å². The van der Waals surface area contributed by atoms with Gasteiger partial charge in [0.05, 0.1) is 0 Å². The van der Waals surface area contributed by atoms with Crippen LogP contribution in [0.3, 0.4) is 0 Å². The molecule has 0 bridgehead atoms. The molecule has 2 heteroatoms. The van der Waals surface area contributed by atoms with Crippen molar-refractivity contribution in [2.75, 3.05) is 19.0 Å². The van der Waals surface area contributed by atoms with Crippen molar-refractivity contribution in [2.45, 2.75) is 13.5 Å². The molecule has 0 saturated heterocycles. The summed E-state index contributed by atoms with van der Waals surface area (Å²) in [5, 5.41) is 2.66. The number of rotatable bonds is 5. The molecule has 0 aliphatic carbocycles. The Bertz CT molecular complexity index is 476. The van der Waals surface area contributed by atoms with Gasteiger partial charge in [-0.1, -0.05) is 49.4 Å². The Balaban J connectivity index is 2.28. The Hall–Kier alpha value is -1.05. The van der Waals surface area contributed by atoms with Gasteiger partial charge in [0.15, 0.2) is 0 Å². The van der Waals surface area contributed by atoms with E-state index in [0.717, 1.165) is 19.6 Å². The average Bonchev–Trinajstić information content (AvgIpc) is 2.38. The average molecular weight is 248 g/mol. The minimum Gasteiger partial charge on any atom is -0.298 e. The minimum atomic E-state index is 0.693.